The molecule has 1 aliphatic rings. The first-order chi connectivity index (χ1) is 6.85. The van der Waals surface area contributed by atoms with Crippen molar-refractivity contribution < 1.29 is 5.11 Å². The van der Waals surface area contributed by atoms with Gasteiger partial charge in [-0.1, -0.05) is 6.92 Å². The summed E-state index contributed by atoms with van der Waals surface area (Å²) in [6.07, 6.45) is 2.54. The molecular formula is C10H16N2OS. The standard InChI is InChI=1S/C10H16N2OS/c1-2-11-5-8-10(7-3-4-7)12-9(6-13)14-8/h7,11,13H,2-6H2,1H3. The summed E-state index contributed by atoms with van der Waals surface area (Å²) in [5, 5.41) is 13.2. The molecule has 0 aliphatic heterocycles. The Balaban J connectivity index is 2.13. The molecule has 3 nitrogen and oxygen atoms in total. The molecule has 1 aromatic rings. The van der Waals surface area contributed by atoms with Gasteiger partial charge in [-0.15, -0.1) is 11.3 Å². The van der Waals surface area contributed by atoms with Crippen molar-refractivity contribution in [1.82, 2.24) is 10.3 Å². The van der Waals surface area contributed by atoms with Crippen molar-refractivity contribution in [3.63, 3.8) is 0 Å². The van der Waals surface area contributed by atoms with Gasteiger partial charge in [0.15, 0.2) is 0 Å². The Hall–Kier alpha value is -0.450. The highest BCUT2D eigenvalue weighted by Gasteiger charge is 2.29. The molecule has 14 heavy (non-hydrogen) atoms. The van der Waals surface area contributed by atoms with Gasteiger partial charge in [0, 0.05) is 17.3 Å². The summed E-state index contributed by atoms with van der Waals surface area (Å²) in [5.41, 5.74) is 1.24. The Labute approximate surface area is 88.2 Å². The predicted octanol–water partition coefficient (Wildman–Crippen LogP) is 1.62. The van der Waals surface area contributed by atoms with Crippen LogP contribution in [0.15, 0.2) is 0 Å². The lowest BCUT2D eigenvalue weighted by molar-refractivity contribution is 0.281. The highest BCUT2D eigenvalue weighted by atomic mass is 32.1. The third-order valence-electron chi connectivity index (χ3n) is 2.41. The van der Waals surface area contributed by atoms with Crippen molar-refractivity contribution in [2.45, 2.75) is 38.8 Å². The van der Waals surface area contributed by atoms with Crippen LogP contribution < -0.4 is 5.32 Å². The van der Waals surface area contributed by atoms with Crippen molar-refractivity contribution in [2.75, 3.05) is 6.54 Å². The summed E-state index contributed by atoms with van der Waals surface area (Å²) in [5.74, 6) is 0.681. The largest absolute Gasteiger partial charge is 0.389 e. The molecule has 1 heterocycles. The fourth-order valence-corrected chi connectivity index (χ4v) is 2.51. The predicted molar refractivity (Wildman–Crippen MR) is 57.4 cm³/mol. The third-order valence-corrected chi connectivity index (χ3v) is 3.46. The summed E-state index contributed by atoms with van der Waals surface area (Å²) in [4.78, 5) is 5.79. The van der Waals surface area contributed by atoms with Crippen molar-refractivity contribution in [3.05, 3.63) is 15.6 Å². The van der Waals surface area contributed by atoms with Crippen LogP contribution in [0, 0.1) is 0 Å². The van der Waals surface area contributed by atoms with Gasteiger partial charge in [0.25, 0.3) is 0 Å². The minimum absolute atomic E-state index is 0.0799. The van der Waals surface area contributed by atoms with Gasteiger partial charge in [-0.2, -0.15) is 0 Å². The van der Waals surface area contributed by atoms with Crippen LogP contribution in [-0.4, -0.2) is 16.6 Å². The Bertz CT molecular complexity index is 307. The number of aromatic nitrogens is 1. The van der Waals surface area contributed by atoms with Crippen molar-refractivity contribution in [1.29, 1.82) is 0 Å². The molecule has 2 rings (SSSR count). The fourth-order valence-electron chi connectivity index (χ4n) is 1.52. The first kappa shape index (κ1) is 10.1. The molecule has 1 aromatic heterocycles. The zero-order valence-corrected chi connectivity index (χ0v) is 9.23. The van der Waals surface area contributed by atoms with Gasteiger partial charge >= 0.3 is 0 Å². The van der Waals surface area contributed by atoms with Crippen LogP contribution in [0.3, 0.4) is 0 Å². The fraction of sp³-hybridized carbons (Fsp3) is 0.700. The molecule has 1 aliphatic carbocycles. The molecule has 0 aromatic carbocycles. The molecule has 1 fully saturated rings. The Morgan fingerprint density at radius 3 is 2.93 bits per heavy atom. The number of hydrogen-bond donors (Lipinski definition) is 2. The smallest absolute Gasteiger partial charge is 0.119 e. The SMILES string of the molecule is CCNCc1sc(CO)nc1C1CC1. The first-order valence-electron chi connectivity index (χ1n) is 5.15. The molecule has 4 heteroatoms. The number of nitrogens with one attached hydrogen (secondary N) is 1. The van der Waals surface area contributed by atoms with E-state index >= 15 is 0 Å². The van der Waals surface area contributed by atoms with Gasteiger partial charge in [-0.3, -0.25) is 0 Å². The molecule has 0 saturated heterocycles. The van der Waals surface area contributed by atoms with E-state index in [0.717, 1.165) is 18.1 Å². The lowest BCUT2D eigenvalue weighted by Crippen LogP contribution is -2.11. The highest BCUT2D eigenvalue weighted by Crippen LogP contribution is 2.42. The monoisotopic (exact) mass is 212 g/mol. The Morgan fingerprint density at radius 2 is 2.36 bits per heavy atom. The maximum absolute atomic E-state index is 9.03. The van der Waals surface area contributed by atoms with E-state index in [4.69, 9.17) is 5.11 Å². The summed E-state index contributed by atoms with van der Waals surface area (Å²) < 4.78 is 0. The molecule has 1 saturated carbocycles. The second-order valence-electron chi connectivity index (χ2n) is 3.63. The van der Waals surface area contributed by atoms with Gasteiger partial charge in [0.1, 0.15) is 5.01 Å². The molecule has 0 spiro atoms. The first-order valence-corrected chi connectivity index (χ1v) is 5.96. The van der Waals surface area contributed by atoms with Crippen LogP contribution in [0.4, 0.5) is 0 Å². The van der Waals surface area contributed by atoms with Gasteiger partial charge in [-0.05, 0) is 19.4 Å². The van der Waals surface area contributed by atoms with Crippen LogP contribution in [0.5, 0.6) is 0 Å². The number of aliphatic hydroxyl groups excluding tert-OH is 1. The number of aliphatic hydroxyl groups is 1. The van der Waals surface area contributed by atoms with Crippen molar-refractivity contribution in [2.24, 2.45) is 0 Å². The average molecular weight is 212 g/mol. The molecule has 0 bridgehead atoms. The van der Waals surface area contributed by atoms with Crippen LogP contribution >= 0.6 is 11.3 Å². The van der Waals surface area contributed by atoms with Crippen LogP contribution in [0.25, 0.3) is 0 Å². The van der Waals surface area contributed by atoms with Gasteiger partial charge in [0.2, 0.25) is 0 Å². The van der Waals surface area contributed by atoms with E-state index in [9.17, 15) is 0 Å². The molecular weight excluding hydrogens is 196 g/mol. The topological polar surface area (TPSA) is 45.1 Å². The van der Waals surface area contributed by atoms with Crippen molar-refractivity contribution in [3.8, 4) is 0 Å². The molecule has 2 N–H and O–H groups in total. The highest BCUT2D eigenvalue weighted by molar-refractivity contribution is 7.11. The number of hydrogen-bond acceptors (Lipinski definition) is 4. The zero-order valence-electron chi connectivity index (χ0n) is 8.42. The van der Waals surface area contributed by atoms with Gasteiger partial charge in [-0.25, -0.2) is 4.98 Å². The minimum atomic E-state index is 0.0799. The van der Waals surface area contributed by atoms with Crippen LogP contribution in [0.1, 0.15) is 41.3 Å². The summed E-state index contributed by atoms with van der Waals surface area (Å²) >= 11 is 1.64. The lowest BCUT2D eigenvalue weighted by Gasteiger charge is -2.00. The molecule has 0 radical (unpaired) electrons. The van der Waals surface area contributed by atoms with E-state index in [1.165, 1.54) is 23.4 Å². The maximum atomic E-state index is 9.03. The van der Waals surface area contributed by atoms with Crippen LogP contribution in [-0.2, 0) is 13.2 Å². The minimum Gasteiger partial charge on any atom is -0.389 e. The number of rotatable bonds is 5. The number of thiazole rings is 1. The summed E-state index contributed by atoms with van der Waals surface area (Å²) in [6, 6.07) is 0. The van der Waals surface area contributed by atoms with E-state index in [1.54, 1.807) is 11.3 Å². The van der Waals surface area contributed by atoms with Gasteiger partial charge < -0.3 is 10.4 Å². The summed E-state index contributed by atoms with van der Waals surface area (Å²) in [7, 11) is 0. The Kier molecular flexibility index (Phi) is 3.15. The Morgan fingerprint density at radius 1 is 1.57 bits per heavy atom. The number of nitrogens with zero attached hydrogens (tertiary/aromatic N) is 1. The lowest BCUT2D eigenvalue weighted by atomic mass is 10.2. The molecule has 0 amide bonds. The van der Waals surface area contributed by atoms with Crippen molar-refractivity contribution >= 4 is 11.3 Å². The zero-order chi connectivity index (χ0) is 9.97. The molecule has 78 valence electrons. The van der Waals surface area contributed by atoms with E-state index in [2.05, 4.69) is 17.2 Å². The molecule has 0 unspecified atom stereocenters. The van der Waals surface area contributed by atoms with E-state index in [1.807, 2.05) is 0 Å². The van der Waals surface area contributed by atoms with Crippen LogP contribution in [0.2, 0.25) is 0 Å². The second-order valence-corrected chi connectivity index (χ2v) is 4.80. The maximum Gasteiger partial charge on any atom is 0.119 e. The van der Waals surface area contributed by atoms with E-state index < -0.39 is 0 Å². The van der Waals surface area contributed by atoms with E-state index in [-0.39, 0.29) is 6.61 Å². The van der Waals surface area contributed by atoms with E-state index in [0.29, 0.717) is 5.92 Å². The third kappa shape index (κ3) is 2.13. The van der Waals surface area contributed by atoms with Gasteiger partial charge in [0.05, 0.1) is 12.3 Å². The second kappa shape index (κ2) is 4.38. The average Bonchev–Trinajstić information content (AvgIpc) is 2.96. The molecule has 0 atom stereocenters. The quantitative estimate of drug-likeness (QED) is 0.779. The summed E-state index contributed by atoms with van der Waals surface area (Å²) in [6.45, 7) is 4.07. The normalized spacial score (nSPS) is 16.1.